The van der Waals surface area contributed by atoms with Crippen LogP contribution in [0.1, 0.15) is 11.1 Å². The average molecular weight is 530 g/mol. The quantitative estimate of drug-likeness (QED) is 0.271. The minimum absolute atomic E-state index is 0. The Morgan fingerprint density at radius 1 is 0.531 bits per heavy atom. The number of rotatable bonds is 3. The molecule has 8 heteroatoms. The number of halogens is 3. The molecule has 4 aromatic rings. The van der Waals surface area contributed by atoms with Gasteiger partial charge < -0.3 is 47.4 Å². The normalized spacial score (nSPS) is 9.44. The van der Waals surface area contributed by atoms with E-state index in [1.54, 1.807) is 12.1 Å². The third-order valence-corrected chi connectivity index (χ3v) is 4.62. The van der Waals surface area contributed by atoms with E-state index in [4.69, 9.17) is 9.97 Å². The molecule has 0 fully saturated rings. The molecule has 2 heterocycles. The summed E-state index contributed by atoms with van der Waals surface area (Å²) in [4.78, 5) is 9.41. The Bertz CT molecular complexity index is 1100. The molecular weight excluding hydrogens is 510 g/mol. The second-order valence-corrected chi connectivity index (χ2v) is 6.86. The Hall–Kier alpha value is -2.27. The zero-order chi connectivity index (χ0) is 19.7. The fourth-order valence-corrected chi connectivity index (χ4v) is 3.16. The Balaban J connectivity index is 0.00000240. The molecule has 0 atom stereocenters. The molecule has 0 amide bonds. The maximum atomic E-state index is 10.2. The zero-order valence-electron chi connectivity index (χ0n) is 17.2. The third kappa shape index (κ3) is 6.38. The minimum Gasteiger partial charge on any atom is -1.00 e. The van der Waals surface area contributed by atoms with Crippen molar-refractivity contribution >= 4 is 0 Å². The van der Waals surface area contributed by atoms with E-state index >= 15 is 0 Å². The largest absolute Gasteiger partial charge is 3.00 e. The minimum atomic E-state index is 0. The first-order chi connectivity index (χ1) is 13.5. The molecule has 0 unspecified atom stereocenters. The summed E-state index contributed by atoms with van der Waals surface area (Å²) in [5, 5.41) is 20.4. The van der Waals surface area contributed by atoms with E-state index in [9.17, 15) is 10.2 Å². The molecule has 0 saturated carbocycles. The fourth-order valence-electron chi connectivity index (χ4n) is 3.16. The van der Waals surface area contributed by atoms with E-state index in [1.165, 1.54) is 0 Å². The maximum absolute atomic E-state index is 10.2. The van der Waals surface area contributed by atoms with Gasteiger partial charge in [0.25, 0.3) is 0 Å². The predicted octanol–water partition coefficient (Wildman–Crippen LogP) is -3.48. The molecule has 32 heavy (non-hydrogen) atoms. The van der Waals surface area contributed by atoms with Crippen LogP contribution in [0.3, 0.4) is 0 Å². The van der Waals surface area contributed by atoms with E-state index in [0.717, 1.165) is 11.1 Å². The molecule has 4 rings (SSSR count). The van der Waals surface area contributed by atoms with Crippen LogP contribution in [-0.2, 0) is 17.1 Å². The predicted molar refractivity (Wildman–Crippen MR) is 111 cm³/mol. The number of phenolic OH excluding ortho intramolecular Hbond substituents is 2. The second-order valence-electron chi connectivity index (χ2n) is 6.86. The van der Waals surface area contributed by atoms with Crippen molar-refractivity contribution in [1.82, 2.24) is 9.97 Å². The second kappa shape index (κ2) is 12.7. The van der Waals surface area contributed by atoms with Crippen LogP contribution in [0.15, 0.2) is 72.8 Å². The molecule has 0 radical (unpaired) electrons. The van der Waals surface area contributed by atoms with Crippen molar-refractivity contribution < 1.29 is 64.5 Å². The summed E-state index contributed by atoms with van der Waals surface area (Å²) in [7, 11) is 0. The fraction of sp³-hybridized carbons (Fsp3) is 0.0833. The number of benzene rings is 2. The molecule has 0 aliphatic heterocycles. The van der Waals surface area contributed by atoms with Gasteiger partial charge >= 0.3 is 17.1 Å². The number of pyridine rings is 2. The summed E-state index contributed by atoms with van der Waals surface area (Å²) in [5.74, 6) is 0.392. The summed E-state index contributed by atoms with van der Waals surface area (Å²) in [6, 6.07) is 22.2. The molecule has 166 valence electrons. The van der Waals surface area contributed by atoms with Crippen molar-refractivity contribution in [2.75, 3.05) is 0 Å². The van der Waals surface area contributed by atoms with Gasteiger partial charge in [0.2, 0.25) is 0 Å². The van der Waals surface area contributed by atoms with Gasteiger partial charge in [0.1, 0.15) is 11.5 Å². The summed E-state index contributed by atoms with van der Waals surface area (Å²) in [6.45, 7) is 3.96. The Labute approximate surface area is 216 Å². The van der Waals surface area contributed by atoms with Gasteiger partial charge in [-0.3, -0.25) is 0 Å². The van der Waals surface area contributed by atoms with Crippen molar-refractivity contribution in [2.24, 2.45) is 0 Å². The molecule has 0 spiro atoms. The van der Waals surface area contributed by atoms with Gasteiger partial charge in [-0.15, -0.1) is 0 Å². The van der Waals surface area contributed by atoms with Gasteiger partial charge in [-0.25, -0.2) is 9.97 Å². The Kier molecular flexibility index (Phi) is 11.8. The molecule has 2 aromatic heterocycles. The Morgan fingerprint density at radius 3 is 1.25 bits per heavy atom. The van der Waals surface area contributed by atoms with Gasteiger partial charge in [0.05, 0.1) is 22.8 Å². The molecule has 0 bridgehead atoms. The summed E-state index contributed by atoms with van der Waals surface area (Å²) < 4.78 is 0. The number of phenols is 2. The summed E-state index contributed by atoms with van der Waals surface area (Å²) >= 11 is 0. The van der Waals surface area contributed by atoms with E-state index < -0.39 is 0 Å². The van der Waals surface area contributed by atoms with Crippen molar-refractivity contribution in [1.29, 1.82) is 0 Å². The van der Waals surface area contributed by atoms with E-state index in [-0.39, 0.29) is 65.8 Å². The number of hydrogen-bond acceptors (Lipinski definition) is 4. The molecule has 4 nitrogen and oxygen atoms in total. The smallest absolute Gasteiger partial charge is 1.00 e. The zero-order valence-corrected chi connectivity index (χ0v) is 20.7. The first-order valence-corrected chi connectivity index (χ1v) is 9.06. The van der Waals surface area contributed by atoms with Crippen LogP contribution in [0.4, 0.5) is 0 Å². The molecule has 0 aliphatic rings. The van der Waals surface area contributed by atoms with Gasteiger partial charge in [-0.05, 0) is 62.4 Å². The van der Waals surface area contributed by atoms with Crippen LogP contribution in [-0.4, -0.2) is 20.2 Å². The summed E-state index contributed by atoms with van der Waals surface area (Å²) in [5.41, 5.74) is 6.25. The van der Waals surface area contributed by atoms with Crippen LogP contribution >= 0.6 is 0 Å². The van der Waals surface area contributed by atoms with Crippen molar-refractivity contribution in [3.63, 3.8) is 0 Å². The number of aromatic hydroxyl groups is 2. The average Bonchev–Trinajstić information content (AvgIpc) is 2.72. The first kappa shape index (κ1) is 29.7. The number of aryl methyl sites for hydroxylation is 2. The van der Waals surface area contributed by atoms with Crippen LogP contribution in [0.25, 0.3) is 33.9 Å². The molecule has 2 N–H and O–H groups in total. The summed E-state index contributed by atoms with van der Waals surface area (Å²) in [6.07, 6.45) is 0. The van der Waals surface area contributed by atoms with E-state index in [1.807, 2.05) is 74.5 Å². The number of hydrogen-bond donors (Lipinski definition) is 2. The monoisotopic (exact) mass is 528 g/mol. The van der Waals surface area contributed by atoms with Crippen LogP contribution in [0.5, 0.6) is 11.5 Å². The first-order valence-electron chi connectivity index (χ1n) is 9.06. The van der Waals surface area contributed by atoms with Crippen LogP contribution in [0.2, 0.25) is 0 Å². The maximum Gasteiger partial charge on any atom is 3.00 e. The molecular formula is C24H20Cl3MnN2O2. The van der Waals surface area contributed by atoms with Crippen molar-refractivity contribution in [3.8, 4) is 45.4 Å². The standard InChI is InChI=1S/C24H20N2O2.3ClH.Mn/c1-15-9-11-23(27)17(13-15)19-5-3-7-21(25-19)22-8-4-6-20(26-22)18-14-16(2)10-12-24(18)28;;;;/h3-14,27-28H,1-2H3;3*1H;/q;;;;+3/p-3. The van der Waals surface area contributed by atoms with Crippen LogP contribution in [0, 0.1) is 13.8 Å². The van der Waals surface area contributed by atoms with Crippen molar-refractivity contribution in [2.45, 2.75) is 13.8 Å². The van der Waals surface area contributed by atoms with E-state index in [0.29, 0.717) is 33.9 Å². The van der Waals surface area contributed by atoms with Crippen molar-refractivity contribution in [3.05, 3.63) is 83.9 Å². The number of nitrogens with zero attached hydrogens (tertiary/aromatic N) is 2. The van der Waals surface area contributed by atoms with Gasteiger partial charge in [0, 0.05) is 11.1 Å². The SMILES string of the molecule is Cc1ccc(O)c(-c2cccc(-c3cccc(-c4cc(C)ccc4O)n3)n2)c1.[Cl-].[Cl-].[Cl-].[Mn+3]. The van der Waals surface area contributed by atoms with Crippen LogP contribution < -0.4 is 37.2 Å². The van der Waals surface area contributed by atoms with Gasteiger partial charge in [-0.1, -0.05) is 35.4 Å². The number of aromatic nitrogens is 2. The topological polar surface area (TPSA) is 66.2 Å². The van der Waals surface area contributed by atoms with Gasteiger partial charge in [0.15, 0.2) is 0 Å². The van der Waals surface area contributed by atoms with Gasteiger partial charge in [-0.2, -0.15) is 0 Å². The molecule has 2 aromatic carbocycles. The molecule has 0 aliphatic carbocycles. The molecule has 0 saturated heterocycles. The third-order valence-electron chi connectivity index (χ3n) is 4.62. The Morgan fingerprint density at radius 2 is 0.875 bits per heavy atom. The van der Waals surface area contributed by atoms with E-state index in [2.05, 4.69) is 0 Å².